The van der Waals surface area contributed by atoms with E-state index in [0.717, 1.165) is 30.9 Å². The first-order chi connectivity index (χ1) is 8.68. The van der Waals surface area contributed by atoms with Crippen LogP contribution in [0.25, 0.3) is 0 Å². The minimum absolute atomic E-state index is 0.0331. The van der Waals surface area contributed by atoms with Crippen molar-refractivity contribution in [1.29, 1.82) is 0 Å². The van der Waals surface area contributed by atoms with Crippen LogP contribution < -0.4 is 0 Å². The highest BCUT2D eigenvalue weighted by molar-refractivity contribution is 5.71. The summed E-state index contributed by atoms with van der Waals surface area (Å²) in [6.45, 7) is 1.95. The zero-order valence-corrected chi connectivity index (χ0v) is 10.4. The van der Waals surface area contributed by atoms with Crippen LogP contribution in [-0.4, -0.2) is 25.8 Å². The molecular formula is C13H17N3O2. The molecule has 0 spiro atoms. The fourth-order valence-corrected chi connectivity index (χ4v) is 2.80. The summed E-state index contributed by atoms with van der Waals surface area (Å²) in [5.74, 6) is 0.649. The predicted octanol–water partition coefficient (Wildman–Crippen LogP) is 2.06. The maximum Gasteiger partial charge on any atom is 0.307 e. The fraction of sp³-hybridized carbons (Fsp3) is 0.615. The molecule has 18 heavy (non-hydrogen) atoms. The number of carbonyl (C=O) groups is 1. The minimum atomic E-state index is -0.729. The van der Waals surface area contributed by atoms with Gasteiger partial charge in [-0.2, -0.15) is 0 Å². The van der Waals surface area contributed by atoms with E-state index in [4.69, 9.17) is 0 Å². The molecule has 0 aromatic carbocycles. The van der Waals surface area contributed by atoms with Gasteiger partial charge in [0.1, 0.15) is 11.6 Å². The van der Waals surface area contributed by atoms with Crippen LogP contribution in [0.4, 0.5) is 0 Å². The highest BCUT2D eigenvalue weighted by Crippen LogP contribution is 2.41. The molecule has 0 bridgehead atoms. The molecule has 2 unspecified atom stereocenters. The Balaban J connectivity index is 1.97. The smallest absolute Gasteiger partial charge is 0.307 e. The van der Waals surface area contributed by atoms with E-state index < -0.39 is 5.97 Å². The van der Waals surface area contributed by atoms with Crippen LogP contribution >= 0.6 is 0 Å². The normalized spacial score (nSPS) is 27.4. The van der Waals surface area contributed by atoms with Gasteiger partial charge in [-0.25, -0.2) is 0 Å². The first kappa shape index (κ1) is 11.4. The zero-order chi connectivity index (χ0) is 12.7. The second-order valence-corrected chi connectivity index (χ2v) is 5.20. The molecule has 1 saturated carbocycles. The third-order valence-corrected chi connectivity index (χ3v) is 3.89. The van der Waals surface area contributed by atoms with Gasteiger partial charge in [-0.1, -0.05) is 12.2 Å². The Kier molecular flexibility index (Phi) is 2.69. The summed E-state index contributed by atoms with van der Waals surface area (Å²) in [4.78, 5) is 11.4. The lowest BCUT2D eigenvalue weighted by Gasteiger charge is -2.25. The third-order valence-electron chi connectivity index (χ3n) is 3.89. The number of aryl methyl sites for hydroxylation is 1. The molecule has 1 aromatic heterocycles. The number of nitrogens with zero attached hydrogens (tertiary/aromatic N) is 3. The van der Waals surface area contributed by atoms with Crippen LogP contribution in [0.15, 0.2) is 12.2 Å². The summed E-state index contributed by atoms with van der Waals surface area (Å²) in [6, 6.07) is 0.496. The average Bonchev–Trinajstić information content (AvgIpc) is 3.12. The number of carboxylic acid groups (broad SMARTS) is 1. The summed E-state index contributed by atoms with van der Waals surface area (Å²) in [7, 11) is 0. The van der Waals surface area contributed by atoms with Gasteiger partial charge in [0.15, 0.2) is 0 Å². The maximum absolute atomic E-state index is 11.4. The van der Waals surface area contributed by atoms with Crippen molar-refractivity contribution in [3.63, 3.8) is 0 Å². The monoisotopic (exact) mass is 247 g/mol. The van der Waals surface area contributed by atoms with Crippen molar-refractivity contribution in [1.82, 2.24) is 14.8 Å². The lowest BCUT2D eigenvalue weighted by Crippen LogP contribution is -2.26. The van der Waals surface area contributed by atoms with Crippen molar-refractivity contribution >= 4 is 5.97 Å². The molecule has 0 saturated heterocycles. The van der Waals surface area contributed by atoms with Crippen LogP contribution in [0, 0.1) is 12.8 Å². The van der Waals surface area contributed by atoms with Gasteiger partial charge in [0, 0.05) is 12.0 Å². The van der Waals surface area contributed by atoms with E-state index in [-0.39, 0.29) is 11.8 Å². The van der Waals surface area contributed by atoms with Crippen molar-refractivity contribution in [3.05, 3.63) is 23.8 Å². The molecule has 1 fully saturated rings. The van der Waals surface area contributed by atoms with Gasteiger partial charge in [0.25, 0.3) is 0 Å². The van der Waals surface area contributed by atoms with Crippen LogP contribution in [0.1, 0.15) is 49.3 Å². The summed E-state index contributed by atoms with van der Waals surface area (Å²) < 4.78 is 2.15. The number of hydrogen-bond donors (Lipinski definition) is 1. The number of aliphatic carboxylic acids is 1. The van der Waals surface area contributed by atoms with E-state index in [1.165, 1.54) is 0 Å². The quantitative estimate of drug-likeness (QED) is 0.830. The molecule has 1 aromatic rings. The number of aromatic nitrogens is 3. The van der Waals surface area contributed by atoms with E-state index >= 15 is 0 Å². The van der Waals surface area contributed by atoms with Gasteiger partial charge in [0.2, 0.25) is 0 Å². The van der Waals surface area contributed by atoms with Crippen molar-refractivity contribution in [2.24, 2.45) is 5.92 Å². The molecule has 2 atom stereocenters. The Hall–Kier alpha value is -1.65. The molecule has 5 heteroatoms. The van der Waals surface area contributed by atoms with Gasteiger partial charge in [-0.15, -0.1) is 10.2 Å². The van der Waals surface area contributed by atoms with Gasteiger partial charge in [-0.3, -0.25) is 4.79 Å². The Labute approximate surface area is 106 Å². The van der Waals surface area contributed by atoms with Gasteiger partial charge in [-0.05, 0) is 32.6 Å². The number of allylic oxidation sites excluding steroid dienone is 2. The zero-order valence-electron chi connectivity index (χ0n) is 10.4. The second kappa shape index (κ2) is 4.23. The molecule has 2 aliphatic carbocycles. The SMILES string of the molecule is Cc1nnc(C2CC=CCC2C(=O)O)n1C1CC1. The van der Waals surface area contributed by atoms with Crippen molar-refractivity contribution < 1.29 is 9.90 Å². The Morgan fingerprint density at radius 2 is 2.06 bits per heavy atom. The average molecular weight is 247 g/mol. The Bertz CT molecular complexity index is 502. The Morgan fingerprint density at radius 1 is 1.33 bits per heavy atom. The number of rotatable bonds is 3. The number of carboxylic acids is 1. The molecule has 0 amide bonds. The summed E-state index contributed by atoms with van der Waals surface area (Å²) in [5.41, 5.74) is 0. The minimum Gasteiger partial charge on any atom is -0.481 e. The van der Waals surface area contributed by atoms with Gasteiger partial charge >= 0.3 is 5.97 Å². The topological polar surface area (TPSA) is 68.0 Å². The highest BCUT2D eigenvalue weighted by atomic mass is 16.4. The van der Waals surface area contributed by atoms with Crippen LogP contribution in [0.5, 0.6) is 0 Å². The van der Waals surface area contributed by atoms with Crippen LogP contribution in [-0.2, 0) is 4.79 Å². The van der Waals surface area contributed by atoms with Gasteiger partial charge in [0.05, 0.1) is 5.92 Å². The van der Waals surface area contributed by atoms with Crippen molar-refractivity contribution in [2.75, 3.05) is 0 Å². The van der Waals surface area contributed by atoms with Crippen LogP contribution in [0.2, 0.25) is 0 Å². The highest BCUT2D eigenvalue weighted by Gasteiger charge is 2.37. The van der Waals surface area contributed by atoms with Gasteiger partial charge < -0.3 is 9.67 Å². The van der Waals surface area contributed by atoms with E-state index in [2.05, 4.69) is 20.8 Å². The first-order valence-electron chi connectivity index (χ1n) is 6.47. The first-order valence-corrected chi connectivity index (χ1v) is 6.47. The molecule has 0 aliphatic heterocycles. The maximum atomic E-state index is 11.4. The van der Waals surface area contributed by atoms with Crippen molar-refractivity contribution in [2.45, 2.75) is 44.6 Å². The third kappa shape index (κ3) is 1.83. The molecule has 3 rings (SSSR count). The molecule has 2 aliphatic rings. The molecule has 5 nitrogen and oxygen atoms in total. The number of hydrogen-bond acceptors (Lipinski definition) is 3. The van der Waals surface area contributed by atoms with Crippen LogP contribution in [0.3, 0.4) is 0 Å². The van der Waals surface area contributed by atoms with E-state index in [9.17, 15) is 9.90 Å². The molecule has 0 radical (unpaired) electrons. The molecule has 96 valence electrons. The lowest BCUT2D eigenvalue weighted by atomic mass is 9.82. The Morgan fingerprint density at radius 3 is 2.72 bits per heavy atom. The van der Waals surface area contributed by atoms with E-state index in [1.807, 2.05) is 13.0 Å². The largest absolute Gasteiger partial charge is 0.481 e. The summed E-state index contributed by atoms with van der Waals surface area (Å²) in [5, 5.41) is 17.7. The fourth-order valence-electron chi connectivity index (χ4n) is 2.80. The van der Waals surface area contributed by atoms with Crippen molar-refractivity contribution in [3.8, 4) is 0 Å². The standard InChI is InChI=1S/C13H17N3O2/c1-8-14-15-12(16(8)9-6-7-9)10-4-2-3-5-11(10)13(17)18/h2-3,9-11H,4-7H2,1H3,(H,17,18). The molecule has 1 heterocycles. The molecule has 1 N–H and O–H groups in total. The predicted molar refractivity (Wildman–Crippen MR) is 65.3 cm³/mol. The summed E-state index contributed by atoms with van der Waals surface area (Å²) >= 11 is 0. The second-order valence-electron chi connectivity index (χ2n) is 5.20. The lowest BCUT2D eigenvalue weighted by molar-refractivity contribution is -0.142. The molecular weight excluding hydrogens is 230 g/mol. The van der Waals surface area contributed by atoms with E-state index in [1.54, 1.807) is 0 Å². The summed E-state index contributed by atoms with van der Waals surface area (Å²) in [6.07, 6.45) is 7.68. The van der Waals surface area contributed by atoms with E-state index in [0.29, 0.717) is 12.5 Å².